The lowest BCUT2D eigenvalue weighted by atomic mass is 9.91. The normalized spacial score (nSPS) is 19.1. The SMILES string of the molecule is O=C(N1CC(c2ccc(-n3ccc(C(F)(F)F)cc3=O)cc2)C1)N1CC[C@H](c2ncn[nH]2)C1. The van der Waals surface area contributed by atoms with Gasteiger partial charge in [0.05, 0.1) is 5.56 Å². The van der Waals surface area contributed by atoms with Gasteiger partial charge in [0, 0.05) is 56.0 Å². The highest BCUT2D eigenvalue weighted by atomic mass is 19.4. The van der Waals surface area contributed by atoms with Crippen molar-refractivity contribution >= 4 is 6.03 Å². The molecule has 0 unspecified atom stereocenters. The van der Waals surface area contributed by atoms with Gasteiger partial charge >= 0.3 is 12.2 Å². The van der Waals surface area contributed by atoms with Crippen LogP contribution in [0.1, 0.15) is 35.2 Å². The predicted molar refractivity (Wildman–Crippen MR) is 112 cm³/mol. The van der Waals surface area contributed by atoms with Crippen LogP contribution in [0.25, 0.3) is 5.69 Å². The highest BCUT2D eigenvalue weighted by Crippen LogP contribution is 2.31. The Balaban J connectivity index is 1.19. The molecule has 2 fully saturated rings. The smallest absolute Gasteiger partial charge is 0.324 e. The molecule has 0 aliphatic carbocycles. The summed E-state index contributed by atoms with van der Waals surface area (Å²) in [6.45, 7) is 2.50. The zero-order chi connectivity index (χ0) is 23.2. The number of aromatic amines is 1. The van der Waals surface area contributed by atoms with Gasteiger partial charge in [0.1, 0.15) is 12.2 Å². The third-order valence-electron chi connectivity index (χ3n) is 6.32. The van der Waals surface area contributed by atoms with Gasteiger partial charge in [-0.1, -0.05) is 12.1 Å². The molecule has 0 spiro atoms. The van der Waals surface area contributed by atoms with Crippen molar-refractivity contribution in [3.05, 3.63) is 76.2 Å². The van der Waals surface area contributed by atoms with Crippen LogP contribution < -0.4 is 5.56 Å². The number of aromatic nitrogens is 4. The Morgan fingerprint density at radius 1 is 1.03 bits per heavy atom. The molecule has 5 rings (SSSR count). The van der Waals surface area contributed by atoms with Gasteiger partial charge in [0.25, 0.3) is 5.56 Å². The molecule has 33 heavy (non-hydrogen) atoms. The van der Waals surface area contributed by atoms with Crippen LogP contribution in [0.5, 0.6) is 0 Å². The number of nitrogens with one attached hydrogen (secondary N) is 1. The van der Waals surface area contributed by atoms with E-state index in [1.54, 1.807) is 12.1 Å². The Labute approximate surface area is 186 Å². The monoisotopic (exact) mass is 458 g/mol. The summed E-state index contributed by atoms with van der Waals surface area (Å²) in [6, 6.07) is 8.60. The van der Waals surface area contributed by atoms with Gasteiger partial charge in [-0.25, -0.2) is 9.78 Å². The highest BCUT2D eigenvalue weighted by Gasteiger charge is 2.37. The average Bonchev–Trinajstić information content (AvgIpc) is 3.44. The van der Waals surface area contributed by atoms with Crippen LogP contribution in [0.4, 0.5) is 18.0 Å². The van der Waals surface area contributed by atoms with Crippen molar-refractivity contribution in [3.8, 4) is 5.69 Å². The number of H-pyrrole nitrogens is 1. The number of carbonyl (C=O) groups excluding carboxylic acids is 1. The van der Waals surface area contributed by atoms with E-state index in [9.17, 15) is 22.8 Å². The fraction of sp³-hybridized carbons (Fsp3) is 0.364. The number of pyridine rings is 1. The van der Waals surface area contributed by atoms with E-state index in [0.717, 1.165) is 30.1 Å². The Hall–Kier alpha value is -3.63. The summed E-state index contributed by atoms with van der Waals surface area (Å²) >= 11 is 0. The maximum atomic E-state index is 12.8. The van der Waals surface area contributed by atoms with Gasteiger partial charge in [0.15, 0.2) is 0 Å². The molecule has 0 radical (unpaired) electrons. The van der Waals surface area contributed by atoms with Gasteiger partial charge in [-0.05, 0) is 30.2 Å². The molecule has 3 aromatic rings. The summed E-state index contributed by atoms with van der Waals surface area (Å²) in [4.78, 5) is 32.7. The average molecular weight is 458 g/mol. The molecule has 2 amide bonds. The molecular formula is C22H21F3N6O2. The van der Waals surface area contributed by atoms with E-state index in [1.165, 1.54) is 10.9 Å². The second kappa shape index (κ2) is 8.05. The van der Waals surface area contributed by atoms with Crippen molar-refractivity contribution in [2.24, 2.45) is 0 Å². The van der Waals surface area contributed by atoms with Crippen LogP contribution in [0.3, 0.4) is 0 Å². The van der Waals surface area contributed by atoms with Crippen LogP contribution in [0.2, 0.25) is 0 Å². The zero-order valence-electron chi connectivity index (χ0n) is 17.5. The van der Waals surface area contributed by atoms with E-state index in [-0.39, 0.29) is 17.9 Å². The quantitative estimate of drug-likeness (QED) is 0.654. The number of likely N-dealkylation sites (tertiary alicyclic amines) is 2. The second-order valence-electron chi connectivity index (χ2n) is 8.40. The lowest BCUT2D eigenvalue weighted by Gasteiger charge is -2.41. The van der Waals surface area contributed by atoms with Crippen LogP contribution in [0, 0.1) is 0 Å². The number of carbonyl (C=O) groups is 1. The Morgan fingerprint density at radius 2 is 1.76 bits per heavy atom. The maximum Gasteiger partial charge on any atom is 0.416 e. The van der Waals surface area contributed by atoms with E-state index >= 15 is 0 Å². The van der Waals surface area contributed by atoms with Gasteiger partial charge in [-0.3, -0.25) is 14.5 Å². The molecule has 0 bridgehead atoms. The van der Waals surface area contributed by atoms with Crippen molar-refractivity contribution in [3.63, 3.8) is 0 Å². The lowest BCUT2D eigenvalue weighted by Crippen LogP contribution is -2.53. The minimum atomic E-state index is -4.55. The second-order valence-corrected chi connectivity index (χ2v) is 8.40. The molecule has 0 saturated carbocycles. The molecular weight excluding hydrogens is 437 g/mol. The van der Waals surface area contributed by atoms with Crippen molar-refractivity contribution < 1.29 is 18.0 Å². The van der Waals surface area contributed by atoms with Gasteiger partial charge < -0.3 is 9.80 Å². The van der Waals surface area contributed by atoms with Gasteiger partial charge in [-0.2, -0.15) is 18.3 Å². The first-order chi connectivity index (χ1) is 15.8. The minimum Gasteiger partial charge on any atom is -0.324 e. The number of alkyl halides is 3. The van der Waals surface area contributed by atoms with E-state index in [1.807, 2.05) is 21.9 Å². The Kier molecular flexibility index (Phi) is 5.18. The van der Waals surface area contributed by atoms with E-state index in [0.29, 0.717) is 37.9 Å². The summed E-state index contributed by atoms with van der Waals surface area (Å²) in [5, 5.41) is 6.74. The van der Waals surface area contributed by atoms with Crippen molar-refractivity contribution in [1.82, 2.24) is 29.5 Å². The third-order valence-corrected chi connectivity index (χ3v) is 6.32. The third kappa shape index (κ3) is 4.10. The Morgan fingerprint density at radius 3 is 2.39 bits per heavy atom. The number of hydrogen-bond donors (Lipinski definition) is 1. The first-order valence-electron chi connectivity index (χ1n) is 10.6. The predicted octanol–water partition coefficient (Wildman–Crippen LogP) is 2.98. The molecule has 1 aromatic carbocycles. The number of amides is 2. The lowest BCUT2D eigenvalue weighted by molar-refractivity contribution is -0.137. The fourth-order valence-electron chi connectivity index (χ4n) is 4.39. The number of urea groups is 1. The van der Waals surface area contributed by atoms with Gasteiger partial charge in [0.2, 0.25) is 0 Å². The molecule has 1 atom stereocenters. The largest absolute Gasteiger partial charge is 0.416 e. The molecule has 2 saturated heterocycles. The summed E-state index contributed by atoms with van der Waals surface area (Å²) < 4.78 is 39.5. The molecule has 2 aromatic heterocycles. The molecule has 1 N–H and O–H groups in total. The number of benzene rings is 1. The number of rotatable bonds is 3. The maximum absolute atomic E-state index is 12.8. The van der Waals surface area contributed by atoms with E-state index in [4.69, 9.17) is 0 Å². The first-order valence-corrected chi connectivity index (χ1v) is 10.6. The number of hydrogen-bond acceptors (Lipinski definition) is 4. The Bertz CT molecular complexity index is 1200. The summed E-state index contributed by atoms with van der Waals surface area (Å²) in [5.41, 5.74) is -0.207. The number of nitrogens with zero attached hydrogens (tertiary/aromatic N) is 5. The van der Waals surface area contributed by atoms with E-state index < -0.39 is 17.3 Å². The van der Waals surface area contributed by atoms with Crippen LogP contribution >= 0.6 is 0 Å². The summed E-state index contributed by atoms with van der Waals surface area (Å²) in [6.07, 6.45) is -1.10. The molecule has 2 aliphatic heterocycles. The summed E-state index contributed by atoms with van der Waals surface area (Å²) in [7, 11) is 0. The van der Waals surface area contributed by atoms with Crippen LogP contribution in [0.15, 0.2) is 53.7 Å². The van der Waals surface area contributed by atoms with Crippen molar-refractivity contribution in [2.45, 2.75) is 24.4 Å². The summed E-state index contributed by atoms with van der Waals surface area (Å²) in [5.74, 6) is 1.16. The highest BCUT2D eigenvalue weighted by molar-refractivity contribution is 5.76. The minimum absolute atomic E-state index is 0.0150. The topological polar surface area (TPSA) is 87.1 Å². The molecule has 2 aliphatic rings. The molecule has 4 heterocycles. The number of halogens is 3. The van der Waals surface area contributed by atoms with Crippen LogP contribution in [-0.2, 0) is 6.18 Å². The molecule has 8 nitrogen and oxygen atoms in total. The first kappa shape index (κ1) is 21.2. The van der Waals surface area contributed by atoms with Crippen LogP contribution in [-0.4, -0.2) is 61.8 Å². The van der Waals surface area contributed by atoms with E-state index in [2.05, 4.69) is 15.2 Å². The van der Waals surface area contributed by atoms with Crippen molar-refractivity contribution in [1.29, 1.82) is 0 Å². The molecule has 11 heteroatoms. The standard InChI is InChI=1S/C22H21F3N6O2/c23-22(24,25)17-6-8-31(19(32)9-17)18-3-1-14(2-4-18)16-11-30(12-16)21(33)29-7-5-15(10-29)20-26-13-27-28-20/h1-4,6,8-9,13,15-16H,5,7,10-12H2,(H,26,27,28)/t15-/m0/s1. The fourth-order valence-corrected chi connectivity index (χ4v) is 4.39. The van der Waals surface area contributed by atoms with Crippen molar-refractivity contribution in [2.75, 3.05) is 26.2 Å². The molecule has 172 valence electrons. The zero-order valence-corrected chi connectivity index (χ0v) is 17.5. The van der Waals surface area contributed by atoms with Gasteiger partial charge in [-0.15, -0.1) is 0 Å².